The summed E-state index contributed by atoms with van der Waals surface area (Å²) in [4.78, 5) is 10.9. The molecule has 0 unspecified atom stereocenters. The average molecular weight is 238 g/mol. The van der Waals surface area contributed by atoms with E-state index in [4.69, 9.17) is 5.11 Å². The van der Waals surface area contributed by atoms with Gasteiger partial charge in [0.15, 0.2) is 0 Å². The van der Waals surface area contributed by atoms with Crippen LogP contribution in [0, 0.1) is 6.92 Å². The lowest BCUT2D eigenvalue weighted by molar-refractivity contribution is -0.131. The molecule has 18 heavy (non-hydrogen) atoms. The number of benzene rings is 2. The fourth-order valence-electron chi connectivity index (χ4n) is 1.81. The number of aliphatic carboxylic acids is 1. The molecular formula is C16H14O2. The molecule has 2 aromatic rings. The van der Waals surface area contributed by atoms with Crippen LogP contribution in [0.4, 0.5) is 0 Å². The fourth-order valence-corrected chi connectivity index (χ4v) is 1.81. The number of hydrogen-bond acceptors (Lipinski definition) is 1. The average Bonchev–Trinajstić information content (AvgIpc) is 2.38. The third-order valence-electron chi connectivity index (χ3n) is 2.72. The molecule has 2 aromatic carbocycles. The highest BCUT2D eigenvalue weighted by Gasteiger charge is 2.06. The topological polar surface area (TPSA) is 37.3 Å². The van der Waals surface area contributed by atoms with E-state index >= 15 is 0 Å². The second-order valence-electron chi connectivity index (χ2n) is 4.13. The van der Waals surface area contributed by atoms with Crippen molar-refractivity contribution in [1.29, 1.82) is 0 Å². The Morgan fingerprint density at radius 2 is 1.50 bits per heavy atom. The smallest absolute Gasteiger partial charge is 0.328 e. The molecule has 0 bridgehead atoms. The first-order valence-electron chi connectivity index (χ1n) is 5.74. The predicted molar refractivity (Wildman–Crippen MR) is 72.3 cm³/mol. The summed E-state index contributed by atoms with van der Waals surface area (Å²) in [6.45, 7) is 2.01. The summed E-state index contributed by atoms with van der Waals surface area (Å²) in [6, 6.07) is 17.4. The monoisotopic (exact) mass is 238 g/mol. The molecule has 0 heterocycles. The lowest BCUT2D eigenvalue weighted by Gasteiger charge is -2.07. The molecule has 0 saturated carbocycles. The molecule has 0 radical (unpaired) electrons. The zero-order chi connectivity index (χ0) is 13.0. The third kappa shape index (κ3) is 2.86. The van der Waals surface area contributed by atoms with E-state index in [-0.39, 0.29) is 0 Å². The van der Waals surface area contributed by atoms with Crippen molar-refractivity contribution in [2.75, 3.05) is 0 Å². The van der Waals surface area contributed by atoms with Gasteiger partial charge in [0.1, 0.15) is 0 Å². The van der Waals surface area contributed by atoms with Crippen LogP contribution in [0.3, 0.4) is 0 Å². The molecule has 90 valence electrons. The van der Waals surface area contributed by atoms with Crippen molar-refractivity contribution in [2.24, 2.45) is 0 Å². The molecule has 2 rings (SSSR count). The van der Waals surface area contributed by atoms with Gasteiger partial charge in [0.05, 0.1) is 0 Å². The van der Waals surface area contributed by atoms with E-state index in [0.717, 1.165) is 22.3 Å². The molecule has 0 atom stereocenters. The number of carboxylic acids is 1. The zero-order valence-electron chi connectivity index (χ0n) is 10.1. The van der Waals surface area contributed by atoms with E-state index < -0.39 is 5.97 Å². The minimum absolute atomic E-state index is 0.725. The first-order chi connectivity index (χ1) is 8.66. The molecule has 0 aliphatic carbocycles. The molecule has 0 aliphatic heterocycles. The fraction of sp³-hybridized carbons (Fsp3) is 0.0625. The Bertz CT molecular complexity index is 566. The Labute approximate surface area is 106 Å². The van der Waals surface area contributed by atoms with Crippen LogP contribution in [0.15, 0.2) is 60.7 Å². The summed E-state index contributed by atoms with van der Waals surface area (Å²) in [5.74, 6) is -0.936. The summed E-state index contributed by atoms with van der Waals surface area (Å²) in [5.41, 5.74) is 3.70. The SMILES string of the molecule is Cc1ccc(/C(=C\C(=O)O)c2ccccc2)cc1. The molecule has 0 aromatic heterocycles. The summed E-state index contributed by atoms with van der Waals surface area (Å²) in [5, 5.41) is 8.98. The van der Waals surface area contributed by atoms with Crippen LogP contribution in [0.5, 0.6) is 0 Å². The van der Waals surface area contributed by atoms with Crippen LogP contribution in [0.1, 0.15) is 16.7 Å². The Morgan fingerprint density at radius 3 is 2.06 bits per heavy atom. The van der Waals surface area contributed by atoms with Gasteiger partial charge in [0.25, 0.3) is 0 Å². The summed E-state index contributed by atoms with van der Waals surface area (Å²) in [6.07, 6.45) is 1.25. The van der Waals surface area contributed by atoms with Crippen molar-refractivity contribution < 1.29 is 9.90 Å². The Kier molecular flexibility index (Phi) is 3.58. The van der Waals surface area contributed by atoms with E-state index in [1.807, 2.05) is 61.5 Å². The highest BCUT2D eigenvalue weighted by molar-refractivity contribution is 5.95. The summed E-state index contributed by atoms with van der Waals surface area (Å²) < 4.78 is 0. The van der Waals surface area contributed by atoms with Gasteiger partial charge in [-0.2, -0.15) is 0 Å². The van der Waals surface area contributed by atoms with Crippen molar-refractivity contribution in [1.82, 2.24) is 0 Å². The first kappa shape index (κ1) is 12.1. The number of aryl methyl sites for hydroxylation is 1. The van der Waals surface area contributed by atoms with E-state index in [9.17, 15) is 4.79 Å². The third-order valence-corrected chi connectivity index (χ3v) is 2.72. The molecule has 2 heteroatoms. The molecule has 1 N–H and O–H groups in total. The molecule has 0 saturated heterocycles. The summed E-state index contributed by atoms with van der Waals surface area (Å²) in [7, 11) is 0. The van der Waals surface area contributed by atoms with Crippen LogP contribution in [0.2, 0.25) is 0 Å². The van der Waals surface area contributed by atoms with Gasteiger partial charge in [-0.25, -0.2) is 4.79 Å². The Hall–Kier alpha value is -2.35. The van der Waals surface area contributed by atoms with Crippen molar-refractivity contribution in [3.63, 3.8) is 0 Å². The minimum Gasteiger partial charge on any atom is -0.478 e. The standard InChI is InChI=1S/C16H14O2/c1-12-7-9-14(10-8-12)15(11-16(17)18)13-5-3-2-4-6-13/h2-11H,1H3,(H,17,18)/b15-11-. The van der Waals surface area contributed by atoms with Crippen LogP contribution in [-0.4, -0.2) is 11.1 Å². The van der Waals surface area contributed by atoms with E-state index in [2.05, 4.69) is 0 Å². The second-order valence-corrected chi connectivity index (χ2v) is 4.13. The predicted octanol–water partition coefficient (Wildman–Crippen LogP) is 3.51. The highest BCUT2D eigenvalue weighted by atomic mass is 16.4. The lowest BCUT2D eigenvalue weighted by atomic mass is 9.97. The quantitative estimate of drug-likeness (QED) is 0.831. The molecule has 0 fully saturated rings. The largest absolute Gasteiger partial charge is 0.478 e. The molecule has 0 aliphatic rings. The Morgan fingerprint density at radius 1 is 0.944 bits per heavy atom. The van der Waals surface area contributed by atoms with Crippen LogP contribution in [-0.2, 0) is 4.79 Å². The van der Waals surface area contributed by atoms with Gasteiger partial charge in [-0.1, -0.05) is 60.2 Å². The van der Waals surface area contributed by atoms with E-state index in [1.54, 1.807) is 0 Å². The number of carbonyl (C=O) groups is 1. The van der Waals surface area contributed by atoms with Crippen LogP contribution >= 0.6 is 0 Å². The summed E-state index contributed by atoms with van der Waals surface area (Å²) >= 11 is 0. The first-order valence-corrected chi connectivity index (χ1v) is 5.74. The van der Waals surface area contributed by atoms with E-state index in [1.165, 1.54) is 6.08 Å². The van der Waals surface area contributed by atoms with Crippen molar-refractivity contribution in [3.8, 4) is 0 Å². The van der Waals surface area contributed by atoms with Gasteiger partial charge in [-0.15, -0.1) is 0 Å². The van der Waals surface area contributed by atoms with Crippen LogP contribution < -0.4 is 0 Å². The van der Waals surface area contributed by atoms with Gasteiger partial charge in [0.2, 0.25) is 0 Å². The van der Waals surface area contributed by atoms with Crippen molar-refractivity contribution >= 4 is 11.5 Å². The van der Waals surface area contributed by atoms with Gasteiger partial charge >= 0.3 is 5.97 Å². The van der Waals surface area contributed by atoms with Crippen LogP contribution in [0.25, 0.3) is 5.57 Å². The Balaban J connectivity index is 2.51. The molecule has 0 amide bonds. The van der Waals surface area contributed by atoms with Gasteiger partial charge < -0.3 is 5.11 Å². The maximum atomic E-state index is 10.9. The zero-order valence-corrected chi connectivity index (χ0v) is 10.1. The molecule has 0 spiro atoms. The number of hydrogen-bond donors (Lipinski definition) is 1. The normalized spacial score (nSPS) is 11.3. The maximum Gasteiger partial charge on any atom is 0.328 e. The maximum absolute atomic E-state index is 10.9. The highest BCUT2D eigenvalue weighted by Crippen LogP contribution is 2.23. The molecule has 2 nitrogen and oxygen atoms in total. The van der Waals surface area contributed by atoms with Crippen molar-refractivity contribution in [2.45, 2.75) is 6.92 Å². The van der Waals surface area contributed by atoms with Gasteiger partial charge in [-0.3, -0.25) is 0 Å². The number of rotatable bonds is 3. The second kappa shape index (κ2) is 5.32. The van der Waals surface area contributed by atoms with Gasteiger partial charge in [-0.05, 0) is 23.6 Å². The molecular weight excluding hydrogens is 224 g/mol. The van der Waals surface area contributed by atoms with Crippen molar-refractivity contribution in [3.05, 3.63) is 77.4 Å². The minimum atomic E-state index is -0.936. The van der Waals surface area contributed by atoms with E-state index in [0.29, 0.717) is 0 Å². The number of carboxylic acid groups (broad SMARTS) is 1. The lowest BCUT2D eigenvalue weighted by Crippen LogP contribution is -1.94. The van der Waals surface area contributed by atoms with Gasteiger partial charge in [0, 0.05) is 6.08 Å².